The molecule has 0 heterocycles. The number of rotatable bonds is 3. The van der Waals surface area contributed by atoms with Gasteiger partial charge in [0.15, 0.2) is 0 Å². The Morgan fingerprint density at radius 2 is 2.38 bits per heavy atom. The summed E-state index contributed by atoms with van der Waals surface area (Å²) in [6, 6.07) is 3.72. The van der Waals surface area contributed by atoms with Crippen LogP contribution in [0.2, 0.25) is 5.02 Å². The van der Waals surface area contributed by atoms with E-state index in [-0.39, 0.29) is 16.6 Å². The van der Waals surface area contributed by atoms with Gasteiger partial charge in [-0.2, -0.15) is 0 Å². The molecule has 1 amide bonds. The monoisotopic (exact) mass is 239 g/mol. The predicted octanol–water partition coefficient (Wildman–Crippen LogP) is 2.62. The normalized spacial score (nSPS) is 11.6. The lowest BCUT2D eigenvalue weighted by molar-refractivity contribution is 0.0937. The maximum atomic E-state index is 13.4. The molecule has 0 aliphatic heterocycles. The molecule has 84 valence electrons. The van der Waals surface area contributed by atoms with Gasteiger partial charge in [-0.05, 0) is 25.1 Å². The van der Waals surface area contributed by atoms with E-state index in [9.17, 15) is 9.18 Å². The number of carbonyl (C=O) groups excluding carboxylic acids is 1. The molecular formula is C12H11ClFNO. The van der Waals surface area contributed by atoms with E-state index in [2.05, 4.69) is 11.2 Å². The van der Waals surface area contributed by atoms with Crippen molar-refractivity contribution in [1.29, 1.82) is 0 Å². The second-order valence-corrected chi connectivity index (χ2v) is 3.84. The highest BCUT2D eigenvalue weighted by atomic mass is 35.5. The Morgan fingerprint density at radius 3 is 2.94 bits per heavy atom. The molecule has 1 rings (SSSR count). The first kappa shape index (κ1) is 12.5. The lowest BCUT2D eigenvalue weighted by Gasteiger charge is -2.11. The van der Waals surface area contributed by atoms with Gasteiger partial charge in [0.05, 0.1) is 5.56 Å². The van der Waals surface area contributed by atoms with Crippen molar-refractivity contribution in [3.8, 4) is 12.3 Å². The number of halogens is 2. The first-order chi connectivity index (χ1) is 7.54. The van der Waals surface area contributed by atoms with E-state index in [0.717, 1.165) is 6.07 Å². The van der Waals surface area contributed by atoms with E-state index in [1.807, 2.05) is 0 Å². The Hall–Kier alpha value is -1.53. The number of carbonyl (C=O) groups is 1. The van der Waals surface area contributed by atoms with Crippen LogP contribution in [0.25, 0.3) is 0 Å². The summed E-state index contributed by atoms with van der Waals surface area (Å²) in [6.45, 7) is 1.76. The topological polar surface area (TPSA) is 29.1 Å². The van der Waals surface area contributed by atoms with E-state index in [1.165, 1.54) is 12.1 Å². The molecule has 1 atom stereocenters. The average molecular weight is 240 g/mol. The molecule has 1 aromatic rings. The summed E-state index contributed by atoms with van der Waals surface area (Å²) in [5.41, 5.74) is -0.0340. The van der Waals surface area contributed by atoms with Gasteiger partial charge in [-0.25, -0.2) is 4.39 Å². The quantitative estimate of drug-likeness (QED) is 0.808. The zero-order chi connectivity index (χ0) is 12.1. The molecule has 1 unspecified atom stereocenters. The van der Waals surface area contributed by atoms with E-state index in [1.54, 1.807) is 6.92 Å². The number of amides is 1. The largest absolute Gasteiger partial charge is 0.349 e. The van der Waals surface area contributed by atoms with E-state index < -0.39 is 11.7 Å². The van der Waals surface area contributed by atoms with Crippen LogP contribution in [-0.2, 0) is 0 Å². The standard InChI is InChI=1S/C12H11ClFNO/c1-3-4-8(2)15-12(16)10-6-5-9(13)7-11(10)14/h1,5-8H,4H2,2H3,(H,15,16). The van der Waals surface area contributed by atoms with Gasteiger partial charge in [0.1, 0.15) is 5.82 Å². The predicted molar refractivity (Wildman–Crippen MR) is 61.8 cm³/mol. The second-order valence-electron chi connectivity index (χ2n) is 3.41. The van der Waals surface area contributed by atoms with Crippen molar-refractivity contribution < 1.29 is 9.18 Å². The van der Waals surface area contributed by atoms with Gasteiger partial charge >= 0.3 is 0 Å². The number of benzene rings is 1. The van der Waals surface area contributed by atoms with Gasteiger partial charge < -0.3 is 5.32 Å². The van der Waals surface area contributed by atoms with Crippen molar-refractivity contribution in [2.24, 2.45) is 0 Å². The highest BCUT2D eigenvalue weighted by Crippen LogP contribution is 2.14. The van der Waals surface area contributed by atoms with Crippen molar-refractivity contribution >= 4 is 17.5 Å². The number of terminal acetylenes is 1. The Morgan fingerprint density at radius 1 is 1.69 bits per heavy atom. The van der Waals surface area contributed by atoms with Gasteiger partial charge in [0.2, 0.25) is 0 Å². The van der Waals surface area contributed by atoms with Crippen LogP contribution >= 0.6 is 11.6 Å². The lowest BCUT2D eigenvalue weighted by atomic mass is 10.1. The van der Waals surface area contributed by atoms with E-state index >= 15 is 0 Å². The molecule has 0 radical (unpaired) electrons. The fraction of sp³-hybridized carbons (Fsp3) is 0.250. The zero-order valence-electron chi connectivity index (χ0n) is 8.76. The minimum Gasteiger partial charge on any atom is -0.349 e. The zero-order valence-corrected chi connectivity index (χ0v) is 9.51. The molecule has 1 N–H and O–H groups in total. The minimum atomic E-state index is -0.641. The van der Waals surface area contributed by atoms with Crippen molar-refractivity contribution in [1.82, 2.24) is 5.32 Å². The summed E-state index contributed by atoms with van der Waals surface area (Å²) in [5.74, 6) is 1.29. The highest BCUT2D eigenvalue weighted by Gasteiger charge is 2.13. The summed E-state index contributed by atoms with van der Waals surface area (Å²) >= 11 is 5.58. The molecule has 0 spiro atoms. The van der Waals surface area contributed by atoms with Crippen LogP contribution in [0.5, 0.6) is 0 Å². The van der Waals surface area contributed by atoms with Gasteiger partial charge in [-0.1, -0.05) is 11.6 Å². The first-order valence-corrected chi connectivity index (χ1v) is 5.11. The maximum Gasteiger partial charge on any atom is 0.254 e. The molecule has 0 aliphatic rings. The molecule has 1 aromatic carbocycles. The minimum absolute atomic E-state index is 0.0340. The Labute approximate surface area is 98.8 Å². The fourth-order valence-electron chi connectivity index (χ4n) is 1.20. The van der Waals surface area contributed by atoms with Gasteiger partial charge in [0.25, 0.3) is 5.91 Å². The summed E-state index contributed by atoms with van der Waals surface area (Å²) in [6.07, 6.45) is 5.50. The van der Waals surface area contributed by atoms with Gasteiger partial charge in [0, 0.05) is 17.5 Å². The number of nitrogens with one attached hydrogen (secondary N) is 1. The van der Waals surface area contributed by atoms with E-state index in [0.29, 0.717) is 6.42 Å². The van der Waals surface area contributed by atoms with Crippen molar-refractivity contribution in [3.63, 3.8) is 0 Å². The Kier molecular flexibility index (Phi) is 4.33. The third kappa shape index (κ3) is 3.25. The van der Waals surface area contributed by atoms with Crippen LogP contribution in [0.15, 0.2) is 18.2 Å². The molecule has 0 saturated carbocycles. The Bertz CT molecular complexity index is 439. The average Bonchev–Trinajstić information content (AvgIpc) is 2.17. The third-order valence-corrected chi connectivity index (χ3v) is 2.21. The molecule has 0 bridgehead atoms. The molecule has 2 nitrogen and oxygen atoms in total. The van der Waals surface area contributed by atoms with Crippen LogP contribution < -0.4 is 5.32 Å². The smallest absolute Gasteiger partial charge is 0.254 e. The van der Waals surface area contributed by atoms with Crippen molar-refractivity contribution in [2.75, 3.05) is 0 Å². The highest BCUT2D eigenvalue weighted by molar-refractivity contribution is 6.30. The molecule has 0 aromatic heterocycles. The van der Waals surface area contributed by atoms with Gasteiger partial charge in [-0.15, -0.1) is 12.3 Å². The molecule has 4 heteroatoms. The van der Waals surface area contributed by atoms with Crippen molar-refractivity contribution in [3.05, 3.63) is 34.6 Å². The summed E-state index contributed by atoms with van der Waals surface area (Å²) in [7, 11) is 0. The van der Waals surface area contributed by atoms with Crippen LogP contribution in [0.4, 0.5) is 4.39 Å². The van der Waals surface area contributed by atoms with Crippen LogP contribution in [0.1, 0.15) is 23.7 Å². The van der Waals surface area contributed by atoms with Crippen LogP contribution in [-0.4, -0.2) is 11.9 Å². The van der Waals surface area contributed by atoms with Crippen LogP contribution in [0, 0.1) is 18.2 Å². The van der Waals surface area contributed by atoms with Crippen LogP contribution in [0.3, 0.4) is 0 Å². The fourth-order valence-corrected chi connectivity index (χ4v) is 1.36. The Balaban J connectivity index is 2.78. The summed E-state index contributed by atoms with van der Waals surface area (Å²) in [4.78, 5) is 11.6. The van der Waals surface area contributed by atoms with Gasteiger partial charge in [-0.3, -0.25) is 4.79 Å². The number of hydrogen-bond donors (Lipinski definition) is 1. The SMILES string of the molecule is C#CCC(C)NC(=O)c1ccc(Cl)cc1F. The third-order valence-electron chi connectivity index (χ3n) is 1.98. The summed E-state index contributed by atoms with van der Waals surface area (Å²) in [5, 5.41) is 2.85. The second kappa shape index (κ2) is 5.53. The molecule has 0 aliphatic carbocycles. The van der Waals surface area contributed by atoms with E-state index in [4.69, 9.17) is 18.0 Å². The number of hydrogen-bond acceptors (Lipinski definition) is 1. The molecular weight excluding hydrogens is 229 g/mol. The molecule has 0 saturated heterocycles. The maximum absolute atomic E-state index is 13.4. The van der Waals surface area contributed by atoms with Crippen molar-refractivity contribution in [2.45, 2.75) is 19.4 Å². The summed E-state index contributed by atoms with van der Waals surface area (Å²) < 4.78 is 13.4. The lowest BCUT2D eigenvalue weighted by Crippen LogP contribution is -2.32. The molecule has 0 fully saturated rings. The first-order valence-electron chi connectivity index (χ1n) is 4.74. The molecule has 16 heavy (non-hydrogen) atoms.